The van der Waals surface area contributed by atoms with E-state index < -0.39 is 28.4 Å². The number of sulfonamides is 1. The van der Waals surface area contributed by atoms with E-state index in [2.05, 4.69) is 5.32 Å². The highest BCUT2D eigenvalue weighted by atomic mass is 35.5. The number of fused-ring (bicyclic) bond motifs is 1. The number of thiophene rings is 1. The van der Waals surface area contributed by atoms with Gasteiger partial charge in [-0.25, -0.2) is 13.2 Å². The number of hydrogen-bond acceptors (Lipinski definition) is 7. The molecule has 0 radical (unpaired) electrons. The van der Waals surface area contributed by atoms with Crippen molar-refractivity contribution in [1.82, 2.24) is 0 Å². The predicted molar refractivity (Wildman–Crippen MR) is 135 cm³/mol. The van der Waals surface area contributed by atoms with Gasteiger partial charge in [0.25, 0.3) is 10.0 Å². The second-order valence-corrected chi connectivity index (χ2v) is 11.2. The van der Waals surface area contributed by atoms with Gasteiger partial charge < -0.3 is 14.8 Å². The summed E-state index contributed by atoms with van der Waals surface area (Å²) in [5, 5.41) is 3.53. The summed E-state index contributed by atoms with van der Waals surface area (Å²) in [6.45, 7) is -0.515. The van der Waals surface area contributed by atoms with E-state index in [0.717, 1.165) is 34.0 Å². The summed E-state index contributed by atoms with van der Waals surface area (Å²) < 4.78 is 38.1. The number of carbonyl (C=O) groups excluding carboxylic acids is 2. The number of carbonyl (C=O) groups is 2. The number of nitrogens with zero attached hydrogens (tertiary/aromatic N) is 1. The Morgan fingerprint density at radius 2 is 1.74 bits per heavy atom. The van der Waals surface area contributed by atoms with Crippen molar-refractivity contribution in [1.29, 1.82) is 0 Å². The molecule has 35 heavy (non-hydrogen) atoms. The fourth-order valence-electron chi connectivity index (χ4n) is 3.90. The number of methoxy groups -OCH3 is 2. The van der Waals surface area contributed by atoms with Crippen LogP contribution in [0.4, 0.5) is 10.7 Å². The van der Waals surface area contributed by atoms with E-state index in [1.807, 2.05) is 0 Å². The number of anilines is 2. The van der Waals surface area contributed by atoms with Crippen LogP contribution >= 0.6 is 22.9 Å². The average molecular weight is 535 g/mol. The molecule has 0 saturated carbocycles. The van der Waals surface area contributed by atoms with Gasteiger partial charge in [-0.3, -0.25) is 9.10 Å². The van der Waals surface area contributed by atoms with Crippen LogP contribution in [0.3, 0.4) is 0 Å². The zero-order valence-corrected chi connectivity index (χ0v) is 21.4. The van der Waals surface area contributed by atoms with Gasteiger partial charge in [0.1, 0.15) is 17.3 Å². The van der Waals surface area contributed by atoms with Gasteiger partial charge in [0.2, 0.25) is 5.91 Å². The Labute approximate surface area is 212 Å². The van der Waals surface area contributed by atoms with Crippen molar-refractivity contribution in [3.05, 3.63) is 69.6 Å². The van der Waals surface area contributed by atoms with Crippen LogP contribution < -0.4 is 14.4 Å². The maximum Gasteiger partial charge on any atom is 0.341 e. The smallest absolute Gasteiger partial charge is 0.341 e. The monoisotopic (exact) mass is 534 g/mol. The fourth-order valence-corrected chi connectivity index (χ4v) is 6.74. The van der Waals surface area contributed by atoms with E-state index in [9.17, 15) is 18.0 Å². The Bertz CT molecular complexity index is 1350. The van der Waals surface area contributed by atoms with E-state index in [0.29, 0.717) is 21.3 Å². The zero-order chi connectivity index (χ0) is 25.2. The van der Waals surface area contributed by atoms with Crippen LogP contribution in [0, 0.1) is 0 Å². The molecule has 0 saturated heterocycles. The average Bonchev–Trinajstić information content (AvgIpc) is 3.43. The summed E-state index contributed by atoms with van der Waals surface area (Å²) in [5.41, 5.74) is 1.49. The third-order valence-corrected chi connectivity index (χ3v) is 8.86. The van der Waals surface area contributed by atoms with Crippen LogP contribution in [0.2, 0.25) is 5.02 Å². The number of nitrogens with one attached hydrogen (secondary N) is 1. The number of amides is 1. The normalized spacial score (nSPS) is 12.7. The molecule has 2 aromatic carbocycles. The molecule has 8 nitrogen and oxygen atoms in total. The van der Waals surface area contributed by atoms with E-state index in [1.165, 1.54) is 62.0 Å². The van der Waals surface area contributed by atoms with E-state index in [1.54, 1.807) is 12.1 Å². The van der Waals surface area contributed by atoms with E-state index in [4.69, 9.17) is 21.1 Å². The second kappa shape index (κ2) is 10.3. The quantitative estimate of drug-likeness (QED) is 0.426. The standard InChI is InChI=1S/C24H23ClN2O6S2/c1-32-17-10-12-18(13-11-17)35(30,31)27(16-8-6-15(25)7-9-16)14-21(28)26-23-22(24(29)33-2)19-4-3-5-20(19)34-23/h6-13H,3-5,14H2,1-2H3,(H,26,28). The molecule has 0 spiro atoms. The molecule has 1 amide bonds. The molecule has 11 heteroatoms. The van der Waals surface area contributed by atoms with Gasteiger partial charge in [0.15, 0.2) is 0 Å². The minimum Gasteiger partial charge on any atom is -0.497 e. The van der Waals surface area contributed by atoms with Gasteiger partial charge in [-0.1, -0.05) is 11.6 Å². The van der Waals surface area contributed by atoms with Crippen LogP contribution in [-0.4, -0.2) is 41.1 Å². The Morgan fingerprint density at radius 1 is 1.06 bits per heavy atom. The number of hydrogen-bond donors (Lipinski definition) is 1. The summed E-state index contributed by atoms with van der Waals surface area (Å²) in [5.74, 6) is -0.622. The van der Waals surface area contributed by atoms with Gasteiger partial charge in [-0.2, -0.15) is 0 Å². The third kappa shape index (κ3) is 5.14. The number of benzene rings is 2. The lowest BCUT2D eigenvalue weighted by Gasteiger charge is -2.24. The Balaban J connectivity index is 1.66. The molecule has 1 aliphatic rings. The minimum atomic E-state index is -4.12. The first-order valence-corrected chi connectivity index (χ1v) is 13.3. The van der Waals surface area contributed by atoms with Gasteiger partial charge in [-0.15, -0.1) is 11.3 Å². The molecule has 1 heterocycles. The van der Waals surface area contributed by atoms with Crippen LogP contribution in [0.15, 0.2) is 53.4 Å². The SMILES string of the molecule is COC(=O)c1c(NC(=O)CN(c2ccc(Cl)cc2)S(=O)(=O)c2ccc(OC)cc2)sc2c1CCC2. The van der Waals surface area contributed by atoms with Crippen LogP contribution in [0.25, 0.3) is 0 Å². The first-order chi connectivity index (χ1) is 16.7. The molecular weight excluding hydrogens is 512 g/mol. The Kier molecular flexibility index (Phi) is 7.34. The van der Waals surface area contributed by atoms with Crippen LogP contribution in [0.5, 0.6) is 5.75 Å². The van der Waals surface area contributed by atoms with Crippen LogP contribution in [0.1, 0.15) is 27.2 Å². The number of esters is 1. The van der Waals surface area contributed by atoms with Crippen molar-refractivity contribution in [3.63, 3.8) is 0 Å². The molecule has 1 aromatic heterocycles. The molecule has 1 N–H and O–H groups in total. The highest BCUT2D eigenvalue weighted by Gasteiger charge is 2.31. The van der Waals surface area contributed by atoms with E-state index in [-0.39, 0.29) is 10.6 Å². The van der Waals surface area contributed by atoms with Gasteiger partial charge in [-0.05, 0) is 73.4 Å². The third-order valence-electron chi connectivity index (χ3n) is 5.61. The Morgan fingerprint density at radius 3 is 2.37 bits per heavy atom. The molecule has 0 atom stereocenters. The number of aryl methyl sites for hydroxylation is 1. The number of ether oxygens (including phenoxy) is 2. The van der Waals surface area contributed by atoms with Crippen molar-refractivity contribution in [2.24, 2.45) is 0 Å². The van der Waals surface area contributed by atoms with Crippen LogP contribution in [-0.2, 0) is 32.4 Å². The van der Waals surface area contributed by atoms with Crippen molar-refractivity contribution >= 4 is 55.5 Å². The summed E-state index contributed by atoms with van der Waals surface area (Å²) in [6.07, 6.45) is 2.49. The first kappa shape index (κ1) is 25.0. The predicted octanol–water partition coefficient (Wildman–Crippen LogP) is 4.52. The number of halogens is 1. The molecule has 184 valence electrons. The van der Waals surface area contributed by atoms with Gasteiger partial charge in [0.05, 0.1) is 30.4 Å². The molecule has 3 aromatic rings. The lowest BCUT2D eigenvalue weighted by atomic mass is 10.1. The summed E-state index contributed by atoms with van der Waals surface area (Å²) >= 11 is 7.31. The lowest BCUT2D eigenvalue weighted by molar-refractivity contribution is -0.114. The molecule has 0 fully saturated rings. The van der Waals surface area contributed by atoms with Gasteiger partial charge in [0, 0.05) is 9.90 Å². The maximum absolute atomic E-state index is 13.5. The Hall–Kier alpha value is -3.08. The second-order valence-electron chi connectivity index (χ2n) is 7.76. The molecule has 1 aliphatic carbocycles. The molecule has 4 rings (SSSR count). The molecular formula is C24H23ClN2O6S2. The van der Waals surface area contributed by atoms with Crippen molar-refractivity contribution in [2.45, 2.75) is 24.2 Å². The summed E-state index contributed by atoms with van der Waals surface area (Å²) in [7, 11) is -1.35. The molecule has 0 bridgehead atoms. The van der Waals surface area contributed by atoms with Crippen molar-refractivity contribution in [2.75, 3.05) is 30.4 Å². The number of rotatable bonds is 8. The summed E-state index contributed by atoms with van der Waals surface area (Å²) in [6, 6.07) is 12.0. The topological polar surface area (TPSA) is 102 Å². The largest absolute Gasteiger partial charge is 0.497 e. The summed E-state index contributed by atoms with van der Waals surface area (Å²) in [4.78, 5) is 26.6. The maximum atomic E-state index is 13.5. The first-order valence-electron chi connectivity index (χ1n) is 10.7. The molecule has 0 aliphatic heterocycles. The highest BCUT2D eigenvalue weighted by molar-refractivity contribution is 7.92. The fraction of sp³-hybridized carbons (Fsp3) is 0.250. The molecule has 0 unspecified atom stereocenters. The van der Waals surface area contributed by atoms with Crippen molar-refractivity contribution in [3.8, 4) is 5.75 Å². The highest BCUT2D eigenvalue weighted by Crippen LogP contribution is 2.39. The zero-order valence-electron chi connectivity index (χ0n) is 19.0. The lowest BCUT2D eigenvalue weighted by Crippen LogP contribution is -2.38. The van der Waals surface area contributed by atoms with Gasteiger partial charge >= 0.3 is 5.97 Å². The van der Waals surface area contributed by atoms with E-state index >= 15 is 0 Å². The minimum absolute atomic E-state index is 0.00796. The van der Waals surface area contributed by atoms with Crippen molar-refractivity contribution < 1.29 is 27.5 Å².